The number of nitrogens with zero attached hydrogens (tertiary/aromatic N) is 1. The van der Waals surface area contributed by atoms with Gasteiger partial charge in [-0.05, 0) is 34.5 Å². The van der Waals surface area contributed by atoms with E-state index in [9.17, 15) is 14.4 Å². The third-order valence-electron chi connectivity index (χ3n) is 3.39. The standard InChI is InChI=1S/C13H12BrN3O3S/c14-10-3-1-7(21-10)2-4-11(18)17-5-8-9(6-17)15-13(20)16-12(8)19/h1,3H,2,4-6H2,(H2,15,16,19,20). The average molecular weight is 370 g/mol. The second-order valence-electron chi connectivity index (χ2n) is 4.82. The maximum absolute atomic E-state index is 12.2. The van der Waals surface area contributed by atoms with Crippen LogP contribution < -0.4 is 11.2 Å². The van der Waals surface area contributed by atoms with E-state index in [1.165, 1.54) is 0 Å². The van der Waals surface area contributed by atoms with E-state index in [4.69, 9.17) is 0 Å². The van der Waals surface area contributed by atoms with Crippen molar-refractivity contribution >= 4 is 33.2 Å². The van der Waals surface area contributed by atoms with E-state index in [0.717, 1.165) is 8.66 Å². The number of amides is 1. The molecule has 1 amide bonds. The first-order valence-corrected chi connectivity index (χ1v) is 8.00. The Balaban J connectivity index is 1.67. The molecule has 0 saturated heterocycles. The Labute approximate surface area is 131 Å². The fourth-order valence-corrected chi connectivity index (χ4v) is 3.83. The zero-order valence-corrected chi connectivity index (χ0v) is 13.3. The highest BCUT2D eigenvalue weighted by Crippen LogP contribution is 2.24. The van der Waals surface area contributed by atoms with Gasteiger partial charge in [-0.1, -0.05) is 0 Å². The van der Waals surface area contributed by atoms with Gasteiger partial charge in [-0.15, -0.1) is 11.3 Å². The Morgan fingerprint density at radius 2 is 2.10 bits per heavy atom. The molecule has 0 fully saturated rings. The summed E-state index contributed by atoms with van der Waals surface area (Å²) in [5, 5.41) is 0. The molecule has 2 aromatic rings. The molecule has 2 aromatic heterocycles. The molecule has 110 valence electrons. The van der Waals surface area contributed by atoms with Gasteiger partial charge in [-0.3, -0.25) is 14.6 Å². The van der Waals surface area contributed by atoms with Gasteiger partial charge in [0.05, 0.1) is 22.4 Å². The fraction of sp³-hybridized carbons (Fsp3) is 0.308. The van der Waals surface area contributed by atoms with Crippen LogP contribution in [-0.4, -0.2) is 20.8 Å². The number of aryl methyl sites for hydroxylation is 1. The smallest absolute Gasteiger partial charge is 0.325 e. The first-order valence-electron chi connectivity index (χ1n) is 6.39. The molecule has 0 spiro atoms. The molecule has 0 unspecified atom stereocenters. The Morgan fingerprint density at radius 1 is 1.29 bits per heavy atom. The predicted octanol–water partition coefficient (Wildman–Crippen LogP) is 1.36. The molecule has 2 N–H and O–H groups in total. The maximum Gasteiger partial charge on any atom is 0.325 e. The summed E-state index contributed by atoms with van der Waals surface area (Å²) in [7, 11) is 0. The van der Waals surface area contributed by atoms with Crippen LogP contribution in [0.1, 0.15) is 22.6 Å². The lowest BCUT2D eigenvalue weighted by atomic mass is 10.2. The molecule has 3 rings (SSSR count). The quantitative estimate of drug-likeness (QED) is 0.856. The lowest BCUT2D eigenvalue weighted by molar-refractivity contribution is -0.131. The van der Waals surface area contributed by atoms with E-state index in [0.29, 0.717) is 30.6 Å². The van der Waals surface area contributed by atoms with Crippen molar-refractivity contribution in [1.29, 1.82) is 0 Å². The number of rotatable bonds is 3. The average Bonchev–Trinajstić information content (AvgIpc) is 3.02. The number of H-pyrrole nitrogens is 2. The van der Waals surface area contributed by atoms with Crippen molar-refractivity contribution in [2.24, 2.45) is 0 Å². The van der Waals surface area contributed by atoms with Crippen LogP contribution in [0, 0.1) is 0 Å². The number of hydrogen-bond donors (Lipinski definition) is 2. The Bertz CT molecular complexity index is 807. The first kappa shape index (κ1) is 14.3. The number of nitrogens with one attached hydrogen (secondary N) is 2. The summed E-state index contributed by atoms with van der Waals surface area (Å²) >= 11 is 5.00. The maximum atomic E-state index is 12.2. The van der Waals surface area contributed by atoms with Gasteiger partial charge in [-0.2, -0.15) is 0 Å². The van der Waals surface area contributed by atoms with Crippen molar-refractivity contribution in [3.05, 3.63) is 52.9 Å². The van der Waals surface area contributed by atoms with Crippen molar-refractivity contribution < 1.29 is 4.79 Å². The normalized spacial score (nSPS) is 13.5. The molecule has 0 aromatic carbocycles. The van der Waals surface area contributed by atoms with E-state index in [1.54, 1.807) is 16.2 Å². The van der Waals surface area contributed by atoms with Crippen LogP contribution in [0.5, 0.6) is 0 Å². The van der Waals surface area contributed by atoms with Crippen LogP contribution in [0.4, 0.5) is 0 Å². The lowest BCUT2D eigenvalue weighted by Gasteiger charge is -2.14. The number of aromatic nitrogens is 2. The summed E-state index contributed by atoms with van der Waals surface area (Å²) in [6.07, 6.45) is 1.07. The minimum Gasteiger partial charge on any atom is -0.332 e. The highest BCUT2D eigenvalue weighted by molar-refractivity contribution is 9.11. The van der Waals surface area contributed by atoms with Gasteiger partial charge in [0.15, 0.2) is 0 Å². The number of thiophene rings is 1. The Kier molecular flexibility index (Phi) is 3.81. The van der Waals surface area contributed by atoms with Gasteiger partial charge in [0.2, 0.25) is 5.91 Å². The largest absolute Gasteiger partial charge is 0.332 e. The number of halogens is 1. The van der Waals surface area contributed by atoms with E-state index < -0.39 is 11.2 Å². The van der Waals surface area contributed by atoms with E-state index in [1.807, 2.05) is 12.1 Å². The fourth-order valence-electron chi connectivity index (χ4n) is 2.35. The summed E-state index contributed by atoms with van der Waals surface area (Å²) < 4.78 is 1.04. The van der Waals surface area contributed by atoms with Crippen LogP contribution in [0.25, 0.3) is 0 Å². The van der Waals surface area contributed by atoms with E-state index in [2.05, 4.69) is 25.9 Å². The molecular weight excluding hydrogens is 358 g/mol. The molecule has 0 aliphatic carbocycles. The summed E-state index contributed by atoms with van der Waals surface area (Å²) in [4.78, 5) is 42.6. The SMILES string of the molecule is O=C(CCc1ccc(Br)s1)N1Cc2[nH]c(=O)[nH]c(=O)c2C1. The van der Waals surface area contributed by atoms with Crippen LogP contribution >= 0.6 is 27.3 Å². The summed E-state index contributed by atoms with van der Waals surface area (Å²) in [5.74, 6) is -0.0176. The Hall–Kier alpha value is -1.67. The minimum absolute atomic E-state index is 0.0176. The third-order valence-corrected chi connectivity index (χ3v) is 5.08. The molecular formula is C13H12BrN3O3S. The van der Waals surface area contributed by atoms with E-state index >= 15 is 0 Å². The van der Waals surface area contributed by atoms with Crippen LogP contribution in [0.15, 0.2) is 25.5 Å². The molecule has 6 nitrogen and oxygen atoms in total. The monoisotopic (exact) mass is 369 g/mol. The highest BCUT2D eigenvalue weighted by Gasteiger charge is 2.26. The van der Waals surface area contributed by atoms with Gasteiger partial charge in [0.25, 0.3) is 5.56 Å². The number of hydrogen-bond acceptors (Lipinski definition) is 4. The van der Waals surface area contributed by atoms with Crippen molar-refractivity contribution in [3.63, 3.8) is 0 Å². The lowest BCUT2D eigenvalue weighted by Crippen LogP contribution is -2.27. The molecule has 1 aliphatic rings. The van der Waals surface area contributed by atoms with Gasteiger partial charge in [-0.25, -0.2) is 4.79 Å². The molecule has 0 atom stereocenters. The van der Waals surface area contributed by atoms with Gasteiger partial charge in [0.1, 0.15) is 0 Å². The number of carbonyl (C=O) groups excluding carboxylic acids is 1. The first-order chi connectivity index (χ1) is 10.0. The summed E-state index contributed by atoms with van der Waals surface area (Å²) in [6.45, 7) is 0.551. The minimum atomic E-state index is -0.531. The second kappa shape index (κ2) is 5.61. The van der Waals surface area contributed by atoms with Gasteiger partial charge in [0, 0.05) is 17.0 Å². The molecule has 3 heterocycles. The molecule has 8 heteroatoms. The zero-order chi connectivity index (χ0) is 15.0. The van der Waals surface area contributed by atoms with Gasteiger partial charge >= 0.3 is 5.69 Å². The summed E-state index contributed by atoms with van der Waals surface area (Å²) in [5.41, 5.74) is 0.0699. The topological polar surface area (TPSA) is 86.0 Å². The van der Waals surface area contributed by atoms with Gasteiger partial charge < -0.3 is 9.88 Å². The number of carbonyl (C=O) groups is 1. The molecule has 0 bridgehead atoms. The second-order valence-corrected chi connectivity index (χ2v) is 7.37. The van der Waals surface area contributed by atoms with E-state index in [-0.39, 0.29) is 12.5 Å². The third kappa shape index (κ3) is 3.01. The molecule has 1 aliphatic heterocycles. The molecule has 0 saturated carbocycles. The van der Waals surface area contributed by atoms with Crippen molar-refractivity contribution in [2.45, 2.75) is 25.9 Å². The van der Waals surface area contributed by atoms with Crippen LogP contribution in [0.2, 0.25) is 0 Å². The predicted molar refractivity (Wildman–Crippen MR) is 82.3 cm³/mol. The van der Waals surface area contributed by atoms with Crippen molar-refractivity contribution in [1.82, 2.24) is 14.9 Å². The molecule has 0 radical (unpaired) electrons. The summed E-state index contributed by atoms with van der Waals surface area (Å²) in [6, 6.07) is 3.95. The van der Waals surface area contributed by atoms with Crippen LogP contribution in [0.3, 0.4) is 0 Å². The Morgan fingerprint density at radius 3 is 2.81 bits per heavy atom. The van der Waals surface area contributed by atoms with Crippen molar-refractivity contribution in [2.75, 3.05) is 0 Å². The van der Waals surface area contributed by atoms with Crippen LogP contribution in [-0.2, 0) is 24.3 Å². The zero-order valence-electron chi connectivity index (χ0n) is 10.9. The highest BCUT2D eigenvalue weighted by atomic mass is 79.9. The number of fused-ring (bicyclic) bond motifs is 1. The number of aromatic amines is 2. The molecule has 21 heavy (non-hydrogen) atoms. The van der Waals surface area contributed by atoms with Crippen molar-refractivity contribution in [3.8, 4) is 0 Å².